The van der Waals surface area contributed by atoms with Gasteiger partial charge in [0.25, 0.3) is 5.56 Å². The molecular weight excluding hydrogens is 336 g/mol. The van der Waals surface area contributed by atoms with Gasteiger partial charge in [-0.05, 0) is 42.0 Å². The van der Waals surface area contributed by atoms with E-state index in [9.17, 15) is 4.79 Å². The van der Waals surface area contributed by atoms with Crippen molar-refractivity contribution in [3.63, 3.8) is 0 Å². The minimum atomic E-state index is -0.211. The van der Waals surface area contributed by atoms with Crippen LogP contribution in [0.2, 0.25) is 0 Å². The zero-order chi connectivity index (χ0) is 17.2. The Bertz CT molecular complexity index is 1130. The van der Waals surface area contributed by atoms with Crippen LogP contribution in [-0.4, -0.2) is 19.7 Å². The summed E-state index contributed by atoms with van der Waals surface area (Å²) in [5.74, 6) is 0.342. The lowest BCUT2D eigenvalue weighted by Crippen LogP contribution is -2.10. The van der Waals surface area contributed by atoms with Crippen molar-refractivity contribution in [3.8, 4) is 5.69 Å². The van der Waals surface area contributed by atoms with Gasteiger partial charge in [-0.2, -0.15) is 5.10 Å². The maximum absolute atomic E-state index is 12.2. The zero-order valence-electron chi connectivity index (χ0n) is 13.1. The summed E-state index contributed by atoms with van der Waals surface area (Å²) in [5, 5.41) is 5.11. The van der Waals surface area contributed by atoms with Crippen molar-refractivity contribution < 1.29 is 0 Å². The number of aromatic amines is 1. The van der Waals surface area contributed by atoms with Gasteiger partial charge in [-0.3, -0.25) is 4.79 Å². The fraction of sp³-hybridized carbons (Fsp3) is 0. The standard InChI is InChI=1S/C19H13ClN4O/c20-16(18-22-17-8-2-1-7-15(17)19(25)23-18)12-13-5-3-6-14(11-13)24-10-4-9-21-24/h1-12H,(H,22,23,25). The topological polar surface area (TPSA) is 63.6 Å². The second-order valence-electron chi connectivity index (χ2n) is 5.47. The summed E-state index contributed by atoms with van der Waals surface area (Å²) in [5.41, 5.74) is 2.20. The Labute approximate surface area is 148 Å². The molecule has 6 heteroatoms. The van der Waals surface area contributed by atoms with Crippen molar-refractivity contribution in [1.82, 2.24) is 19.7 Å². The van der Waals surface area contributed by atoms with Crippen molar-refractivity contribution in [2.75, 3.05) is 0 Å². The van der Waals surface area contributed by atoms with Crippen molar-refractivity contribution in [2.45, 2.75) is 0 Å². The van der Waals surface area contributed by atoms with E-state index in [0.717, 1.165) is 11.3 Å². The molecule has 2 aromatic carbocycles. The van der Waals surface area contributed by atoms with Crippen LogP contribution in [0.5, 0.6) is 0 Å². The van der Waals surface area contributed by atoms with E-state index in [1.807, 2.05) is 42.6 Å². The van der Waals surface area contributed by atoms with Gasteiger partial charge in [-0.1, -0.05) is 35.9 Å². The second kappa shape index (κ2) is 6.37. The molecule has 0 saturated heterocycles. The normalized spacial score (nSPS) is 11.8. The largest absolute Gasteiger partial charge is 0.305 e. The monoisotopic (exact) mass is 348 g/mol. The number of rotatable bonds is 3. The molecule has 25 heavy (non-hydrogen) atoms. The Hall–Kier alpha value is -3.18. The number of fused-ring (bicyclic) bond motifs is 1. The Kier molecular flexibility index (Phi) is 3.91. The molecule has 0 radical (unpaired) electrons. The molecule has 0 aliphatic rings. The number of benzene rings is 2. The summed E-state index contributed by atoms with van der Waals surface area (Å²) in [6, 6.07) is 16.8. The minimum Gasteiger partial charge on any atom is -0.305 e. The van der Waals surface area contributed by atoms with Crippen LogP contribution in [0.15, 0.2) is 71.8 Å². The predicted octanol–water partition coefficient (Wildman–Crippen LogP) is 3.85. The van der Waals surface area contributed by atoms with Crippen LogP contribution in [-0.2, 0) is 0 Å². The maximum Gasteiger partial charge on any atom is 0.259 e. The van der Waals surface area contributed by atoms with E-state index in [1.54, 1.807) is 35.2 Å². The van der Waals surface area contributed by atoms with Gasteiger partial charge in [0, 0.05) is 12.4 Å². The van der Waals surface area contributed by atoms with Gasteiger partial charge in [0.1, 0.15) is 0 Å². The van der Waals surface area contributed by atoms with Crippen LogP contribution in [0.1, 0.15) is 11.4 Å². The lowest BCUT2D eigenvalue weighted by atomic mass is 10.2. The quantitative estimate of drug-likeness (QED) is 0.611. The van der Waals surface area contributed by atoms with E-state index in [4.69, 9.17) is 11.6 Å². The number of hydrogen-bond acceptors (Lipinski definition) is 3. The highest BCUT2D eigenvalue weighted by molar-refractivity contribution is 6.50. The molecule has 2 aromatic heterocycles. The Morgan fingerprint density at radius 1 is 1.12 bits per heavy atom. The van der Waals surface area contributed by atoms with E-state index >= 15 is 0 Å². The van der Waals surface area contributed by atoms with Crippen LogP contribution in [0, 0.1) is 0 Å². The third-order valence-corrected chi connectivity index (χ3v) is 4.06. The van der Waals surface area contributed by atoms with Crippen molar-refractivity contribution in [3.05, 3.63) is 88.7 Å². The van der Waals surface area contributed by atoms with Gasteiger partial charge in [-0.25, -0.2) is 9.67 Å². The molecule has 0 aliphatic carbocycles. The molecule has 5 nitrogen and oxygen atoms in total. The van der Waals surface area contributed by atoms with E-state index in [2.05, 4.69) is 15.1 Å². The molecule has 122 valence electrons. The second-order valence-corrected chi connectivity index (χ2v) is 5.88. The molecule has 0 atom stereocenters. The molecule has 0 amide bonds. The molecule has 0 aliphatic heterocycles. The lowest BCUT2D eigenvalue weighted by molar-refractivity contribution is 0.880. The SMILES string of the molecule is O=c1[nH]c(C(Cl)=Cc2cccc(-n3cccn3)c2)nc2ccccc12. The first-order valence-corrected chi connectivity index (χ1v) is 8.05. The fourth-order valence-corrected chi connectivity index (χ4v) is 2.81. The average molecular weight is 349 g/mol. The van der Waals surface area contributed by atoms with Crippen LogP contribution in [0.4, 0.5) is 0 Å². The molecule has 0 fully saturated rings. The highest BCUT2D eigenvalue weighted by Gasteiger charge is 2.07. The van der Waals surface area contributed by atoms with E-state index in [0.29, 0.717) is 21.8 Å². The van der Waals surface area contributed by atoms with Gasteiger partial charge in [0.15, 0.2) is 5.82 Å². The van der Waals surface area contributed by atoms with Gasteiger partial charge >= 0.3 is 0 Å². The van der Waals surface area contributed by atoms with Gasteiger partial charge < -0.3 is 4.98 Å². The first-order valence-electron chi connectivity index (χ1n) is 7.67. The van der Waals surface area contributed by atoms with Gasteiger partial charge in [0.2, 0.25) is 0 Å². The first kappa shape index (κ1) is 15.4. The molecule has 0 spiro atoms. The van der Waals surface area contributed by atoms with E-state index in [-0.39, 0.29) is 5.56 Å². The summed E-state index contributed by atoms with van der Waals surface area (Å²) in [7, 11) is 0. The number of para-hydroxylation sites is 1. The van der Waals surface area contributed by atoms with E-state index < -0.39 is 0 Å². The summed E-state index contributed by atoms with van der Waals surface area (Å²) in [6.45, 7) is 0. The third-order valence-electron chi connectivity index (χ3n) is 3.77. The molecule has 1 N–H and O–H groups in total. The predicted molar refractivity (Wildman–Crippen MR) is 99.7 cm³/mol. The smallest absolute Gasteiger partial charge is 0.259 e. The lowest BCUT2D eigenvalue weighted by Gasteiger charge is -2.04. The molecule has 4 aromatic rings. The van der Waals surface area contributed by atoms with Crippen molar-refractivity contribution in [1.29, 1.82) is 0 Å². The molecule has 0 saturated carbocycles. The average Bonchev–Trinajstić information content (AvgIpc) is 3.17. The molecular formula is C19H13ClN4O. The molecule has 0 bridgehead atoms. The van der Waals surface area contributed by atoms with Crippen LogP contribution in [0.3, 0.4) is 0 Å². The fourth-order valence-electron chi connectivity index (χ4n) is 2.59. The first-order chi connectivity index (χ1) is 12.2. The van der Waals surface area contributed by atoms with E-state index in [1.165, 1.54) is 0 Å². The number of hydrogen-bond donors (Lipinski definition) is 1. The highest BCUT2D eigenvalue weighted by Crippen LogP contribution is 2.21. The third kappa shape index (κ3) is 3.09. The summed E-state index contributed by atoms with van der Waals surface area (Å²) in [4.78, 5) is 19.3. The maximum atomic E-state index is 12.2. The number of H-pyrrole nitrogens is 1. The number of nitrogens with one attached hydrogen (secondary N) is 1. The van der Waals surface area contributed by atoms with Crippen molar-refractivity contribution in [2.24, 2.45) is 0 Å². The molecule has 2 heterocycles. The minimum absolute atomic E-state index is 0.211. The summed E-state index contributed by atoms with van der Waals surface area (Å²) in [6.07, 6.45) is 5.35. The highest BCUT2D eigenvalue weighted by atomic mass is 35.5. The van der Waals surface area contributed by atoms with Crippen LogP contribution >= 0.6 is 11.6 Å². The summed E-state index contributed by atoms with van der Waals surface area (Å²) >= 11 is 6.40. The Morgan fingerprint density at radius 3 is 2.84 bits per heavy atom. The number of nitrogens with zero attached hydrogens (tertiary/aromatic N) is 3. The van der Waals surface area contributed by atoms with Crippen LogP contribution in [0.25, 0.3) is 27.7 Å². The van der Waals surface area contributed by atoms with Crippen molar-refractivity contribution >= 4 is 33.6 Å². The van der Waals surface area contributed by atoms with Gasteiger partial charge in [-0.15, -0.1) is 0 Å². The molecule has 4 rings (SSSR count). The number of aromatic nitrogens is 4. The summed E-state index contributed by atoms with van der Waals surface area (Å²) < 4.78 is 1.77. The Morgan fingerprint density at radius 2 is 2.00 bits per heavy atom. The Balaban J connectivity index is 1.75. The van der Waals surface area contributed by atoms with Gasteiger partial charge in [0.05, 0.1) is 21.6 Å². The van der Waals surface area contributed by atoms with Crippen LogP contribution < -0.4 is 5.56 Å². The molecule has 0 unspecified atom stereocenters. The zero-order valence-corrected chi connectivity index (χ0v) is 13.8. The number of halogens is 1.